The molecular formula is C44H57BN4O11. The molecule has 3 aliphatic carbocycles. The smallest absolute Gasteiger partial charge is 0.486 e. The van der Waals surface area contributed by atoms with Gasteiger partial charge in [0.2, 0.25) is 0 Å². The number of likely N-dealkylation sites (tertiary alicyclic amines) is 1. The molecule has 8 rings (SSSR count). The summed E-state index contributed by atoms with van der Waals surface area (Å²) in [5.74, 6) is -0.150. The maximum Gasteiger partial charge on any atom is 0.514 e. The van der Waals surface area contributed by atoms with E-state index in [1.807, 2.05) is 30.3 Å². The normalized spacial score (nSPS) is 23.6. The van der Waals surface area contributed by atoms with Crippen LogP contribution >= 0.6 is 0 Å². The molecule has 16 heteroatoms. The lowest BCUT2D eigenvalue weighted by atomic mass is 9.43. The molecule has 2 amide bonds. The summed E-state index contributed by atoms with van der Waals surface area (Å²) in [6, 6.07) is 11.4. The second kappa shape index (κ2) is 16.4. The van der Waals surface area contributed by atoms with E-state index in [2.05, 4.69) is 36.1 Å². The third-order valence-corrected chi connectivity index (χ3v) is 12.0. The molecule has 0 radical (unpaired) electrons. The Bertz CT molecular complexity index is 2060. The fourth-order valence-corrected chi connectivity index (χ4v) is 8.87. The van der Waals surface area contributed by atoms with Crippen molar-refractivity contribution in [3.8, 4) is 11.5 Å². The number of aryl methyl sites for hydroxylation is 1. The first-order valence-corrected chi connectivity index (χ1v) is 20.7. The molecule has 2 N–H and O–H groups in total. The summed E-state index contributed by atoms with van der Waals surface area (Å²) < 4.78 is 42.3. The van der Waals surface area contributed by atoms with Crippen molar-refractivity contribution in [3.05, 3.63) is 77.4 Å². The molecule has 2 bridgehead atoms. The predicted octanol–water partition coefficient (Wildman–Crippen LogP) is 7.21. The van der Waals surface area contributed by atoms with Gasteiger partial charge in [0.25, 0.3) is 5.91 Å². The third kappa shape index (κ3) is 9.29. The van der Waals surface area contributed by atoms with Crippen LogP contribution in [0.25, 0.3) is 0 Å². The number of aromatic nitrogens is 2. The van der Waals surface area contributed by atoms with Crippen LogP contribution in [-0.4, -0.2) is 88.2 Å². The number of nitrogens with zero attached hydrogens (tertiary/aromatic N) is 2. The lowest BCUT2D eigenvalue weighted by Gasteiger charge is -2.64. The second-order valence-corrected chi connectivity index (χ2v) is 19.0. The lowest BCUT2D eigenvalue weighted by molar-refractivity contribution is -0.199. The molecule has 5 aliphatic rings. The zero-order valence-corrected chi connectivity index (χ0v) is 36.0. The molecule has 5 atom stereocenters. The van der Waals surface area contributed by atoms with E-state index in [0.29, 0.717) is 35.8 Å². The van der Waals surface area contributed by atoms with Gasteiger partial charge in [-0.05, 0) is 108 Å². The highest BCUT2D eigenvalue weighted by Crippen LogP contribution is 2.65. The highest BCUT2D eigenvalue weighted by molar-refractivity contribution is 6.45. The van der Waals surface area contributed by atoms with Gasteiger partial charge in [-0.25, -0.2) is 19.4 Å². The van der Waals surface area contributed by atoms with E-state index in [9.17, 15) is 19.2 Å². The number of hydrogen-bond acceptors (Lipinski definition) is 12. The highest BCUT2D eigenvalue weighted by atomic mass is 16.7. The zero-order chi connectivity index (χ0) is 43.2. The van der Waals surface area contributed by atoms with Crippen molar-refractivity contribution in [1.29, 1.82) is 0 Å². The summed E-state index contributed by atoms with van der Waals surface area (Å²) in [6.07, 6.45) is 3.43. The minimum atomic E-state index is -1.14. The molecule has 5 fully saturated rings. The Labute approximate surface area is 351 Å². The van der Waals surface area contributed by atoms with Gasteiger partial charge >= 0.3 is 25.3 Å². The van der Waals surface area contributed by atoms with Crippen molar-refractivity contribution < 1.29 is 52.2 Å². The first kappa shape index (κ1) is 43.0. The van der Waals surface area contributed by atoms with Crippen LogP contribution in [0.5, 0.6) is 11.5 Å². The summed E-state index contributed by atoms with van der Waals surface area (Å²) in [5, 5.41) is 2.64. The van der Waals surface area contributed by atoms with Crippen molar-refractivity contribution >= 4 is 31.2 Å². The van der Waals surface area contributed by atoms with Crippen LogP contribution in [-0.2, 0) is 41.3 Å². The molecular weight excluding hydrogens is 771 g/mol. The largest absolute Gasteiger partial charge is 0.514 e. The number of benzene rings is 2. The maximum absolute atomic E-state index is 14.1. The van der Waals surface area contributed by atoms with Crippen LogP contribution in [0.4, 0.5) is 9.59 Å². The van der Waals surface area contributed by atoms with E-state index in [-0.39, 0.29) is 48.3 Å². The Morgan fingerprint density at radius 3 is 2.35 bits per heavy atom. The number of carbonyl (C=O) groups is 4. The van der Waals surface area contributed by atoms with E-state index in [0.717, 1.165) is 18.4 Å². The topological polar surface area (TPSA) is 177 Å². The van der Waals surface area contributed by atoms with Crippen LogP contribution in [0.15, 0.2) is 55.0 Å². The fraction of sp³-hybridized carbons (Fsp3) is 0.568. The van der Waals surface area contributed by atoms with E-state index in [4.69, 9.17) is 33.0 Å². The van der Waals surface area contributed by atoms with E-state index < -0.39 is 60.2 Å². The van der Waals surface area contributed by atoms with E-state index in [1.165, 1.54) is 17.4 Å². The van der Waals surface area contributed by atoms with Gasteiger partial charge in [-0.3, -0.25) is 4.79 Å². The Morgan fingerprint density at radius 1 is 0.983 bits per heavy atom. The number of amides is 2. The average molecular weight is 829 g/mol. The number of imidazole rings is 1. The van der Waals surface area contributed by atoms with Gasteiger partial charge in [-0.15, -0.1) is 0 Å². The van der Waals surface area contributed by atoms with Crippen molar-refractivity contribution in [2.75, 3.05) is 13.1 Å². The molecule has 0 spiro atoms. The minimum absolute atomic E-state index is 0.00223. The van der Waals surface area contributed by atoms with Gasteiger partial charge in [-0.1, -0.05) is 50.2 Å². The number of carbonyl (C=O) groups excluding carboxylic acids is 4. The number of ether oxygens (including phenoxy) is 5. The lowest BCUT2D eigenvalue weighted by Crippen LogP contribution is -2.65. The molecule has 2 saturated heterocycles. The monoisotopic (exact) mass is 828 g/mol. The van der Waals surface area contributed by atoms with Gasteiger partial charge in [-0.2, -0.15) is 0 Å². The first-order valence-electron chi connectivity index (χ1n) is 20.7. The van der Waals surface area contributed by atoms with Crippen molar-refractivity contribution in [2.45, 2.75) is 130 Å². The Morgan fingerprint density at radius 2 is 1.70 bits per heavy atom. The Hall–Kier alpha value is -5.09. The number of H-pyrrole nitrogens is 1. The van der Waals surface area contributed by atoms with Crippen LogP contribution < -0.4 is 14.8 Å². The molecule has 60 heavy (non-hydrogen) atoms. The molecule has 15 nitrogen and oxygen atoms in total. The van der Waals surface area contributed by atoms with Gasteiger partial charge in [0.15, 0.2) is 11.8 Å². The molecule has 1 unspecified atom stereocenters. The number of hydrogen-bond donors (Lipinski definition) is 2. The average Bonchev–Trinajstić information content (AvgIpc) is 3.80. The summed E-state index contributed by atoms with van der Waals surface area (Å²) in [4.78, 5) is 62.6. The first-order chi connectivity index (χ1) is 28.2. The van der Waals surface area contributed by atoms with Crippen LogP contribution in [0.3, 0.4) is 0 Å². The Kier molecular flexibility index (Phi) is 11.8. The summed E-state index contributed by atoms with van der Waals surface area (Å²) >= 11 is 0. The molecule has 3 saturated carbocycles. The van der Waals surface area contributed by atoms with Gasteiger partial charge in [0.1, 0.15) is 35.2 Å². The summed E-state index contributed by atoms with van der Waals surface area (Å²) in [7, 11) is -0.491. The SMILES string of the molecule is CC(C)(C)OC(=O)Oc1c(CCB2O[C@@H]3C[C@@H]4C[C@@H](C4(C)C)[C@]3(C)O2)ccc(OC2CN(C(=O)C(NC(=O)OCc3ccccc3)c3c[nH]cn3)C2)c1C(=O)OC(C)(C)C. The van der Waals surface area contributed by atoms with E-state index >= 15 is 0 Å². The molecule has 3 aromatic rings. The number of esters is 1. The number of nitrogens with one attached hydrogen (secondary N) is 2. The number of aromatic amines is 1. The molecule has 3 heterocycles. The number of rotatable bonds is 12. The summed E-state index contributed by atoms with van der Waals surface area (Å²) in [6.45, 7) is 17.4. The van der Waals surface area contributed by atoms with Gasteiger partial charge in [0.05, 0.1) is 36.8 Å². The number of alkyl carbamates (subject to hydrolysis) is 1. The fourth-order valence-electron chi connectivity index (χ4n) is 8.87. The van der Waals surface area contributed by atoms with E-state index in [1.54, 1.807) is 53.7 Å². The zero-order valence-electron chi connectivity index (χ0n) is 36.0. The second-order valence-electron chi connectivity index (χ2n) is 19.0. The van der Waals surface area contributed by atoms with Crippen LogP contribution in [0.2, 0.25) is 6.32 Å². The molecule has 1 aromatic heterocycles. The predicted molar refractivity (Wildman–Crippen MR) is 219 cm³/mol. The molecule has 2 aromatic carbocycles. The summed E-state index contributed by atoms with van der Waals surface area (Å²) in [5.41, 5.74) is -0.460. The molecule has 322 valence electrons. The Balaban J connectivity index is 1.09. The van der Waals surface area contributed by atoms with Crippen molar-refractivity contribution in [1.82, 2.24) is 20.2 Å². The van der Waals surface area contributed by atoms with Gasteiger partial charge < -0.3 is 48.2 Å². The molecule has 2 aliphatic heterocycles. The van der Waals surface area contributed by atoms with Crippen LogP contribution in [0, 0.1) is 17.3 Å². The highest BCUT2D eigenvalue weighted by Gasteiger charge is 2.67. The van der Waals surface area contributed by atoms with Crippen molar-refractivity contribution in [2.24, 2.45) is 17.3 Å². The minimum Gasteiger partial charge on any atom is -0.486 e. The van der Waals surface area contributed by atoms with Crippen molar-refractivity contribution in [3.63, 3.8) is 0 Å². The van der Waals surface area contributed by atoms with Crippen LogP contribution in [0.1, 0.15) is 108 Å². The third-order valence-electron chi connectivity index (χ3n) is 12.0. The van der Waals surface area contributed by atoms with Gasteiger partial charge in [0, 0.05) is 6.20 Å². The quantitative estimate of drug-likeness (QED) is 0.0814. The standard InChI is InChI=1S/C44H57BN4O11/c1-41(2,3)57-38(51)34-31(55-29-22-49(23-29)37(50)35(30-21-46-25-47-30)48-39(52)54-24-26-13-11-10-12-14-26)16-15-27(36(34)56-40(53)58-42(4,5)6)17-18-45-59-33-20-28-19-32(43(28,7)8)44(33,9)60-45/h10-16,21,25,28-29,32-33,35H,17-20,22-24H2,1-9H3,(H,46,47)(H,48,52)/t28-,32-,33+,35?,44-/m0/s1. The maximum atomic E-state index is 14.1.